The lowest BCUT2D eigenvalue weighted by atomic mass is 10.2. The first-order valence-corrected chi connectivity index (χ1v) is 2.54. The summed E-state index contributed by atoms with van der Waals surface area (Å²) in [6.45, 7) is 7.40. The molecule has 0 atom stereocenters. The van der Waals surface area contributed by atoms with Crippen LogP contribution in [0.2, 0.25) is 0 Å². The fraction of sp³-hybridized carbons (Fsp3) is 0.167. The van der Waals surface area contributed by atoms with E-state index >= 15 is 0 Å². The van der Waals surface area contributed by atoms with Crippen LogP contribution >= 0.6 is 0 Å². The third kappa shape index (κ3) is 2.10. The molecule has 50 valence electrons. The molecule has 0 amide bonds. The van der Waals surface area contributed by atoms with E-state index in [4.69, 9.17) is 11.6 Å². The van der Waals surface area contributed by atoms with Crippen LogP contribution in [0, 0.1) is 0 Å². The van der Waals surface area contributed by atoms with E-state index in [1.54, 1.807) is 6.08 Å². The average molecular weight is 125 g/mol. The molecular formula is C6H11N3. The zero-order valence-electron chi connectivity index (χ0n) is 5.30. The monoisotopic (exact) mass is 125 g/mol. The van der Waals surface area contributed by atoms with Crippen LogP contribution in [-0.2, 0) is 0 Å². The van der Waals surface area contributed by atoms with E-state index in [1.165, 1.54) is 0 Å². The highest BCUT2D eigenvalue weighted by Gasteiger charge is 1.95. The normalized spacial score (nSPS) is 11.0. The quantitative estimate of drug-likeness (QED) is 0.241. The fourth-order valence-corrected chi connectivity index (χ4v) is 0.385. The summed E-state index contributed by atoms with van der Waals surface area (Å²) in [7, 11) is 0. The minimum absolute atomic E-state index is 0.307. The Morgan fingerprint density at radius 2 is 2.22 bits per heavy atom. The molecule has 0 saturated heterocycles. The van der Waals surface area contributed by atoms with Crippen molar-refractivity contribution in [3.05, 3.63) is 24.8 Å². The largest absolute Gasteiger partial charge is 0.325 e. The predicted octanol–water partition coefficient (Wildman–Crippen LogP) is 0.00200. The van der Waals surface area contributed by atoms with Gasteiger partial charge in [0.05, 0.1) is 5.71 Å². The lowest BCUT2D eigenvalue weighted by Gasteiger charge is -1.97. The molecule has 0 aromatic rings. The standard InChI is InChI=1S/C6H11N3/c1-3-5(2)6(4-7)9-8/h3H,1-2,4,7-8H2/b9-6-. The Morgan fingerprint density at radius 3 is 2.33 bits per heavy atom. The van der Waals surface area contributed by atoms with Gasteiger partial charge in [-0.2, -0.15) is 5.10 Å². The van der Waals surface area contributed by atoms with Crippen molar-refractivity contribution in [2.24, 2.45) is 16.7 Å². The molecule has 0 fully saturated rings. The van der Waals surface area contributed by atoms with Crippen molar-refractivity contribution < 1.29 is 0 Å². The van der Waals surface area contributed by atoms with Gasteiger partial charge in [-0.25, -0.2) is 0 Å². The molecule has 0 bridgehead atoms. The van der Waals surface area contributed by atoms with E-state index < -0.39 is 0 Å². The summed E-state index contributed by atoms with van der Waals surface area (Å²) in [5, 5.41) is 3.40. The van der Waals surface area contributed by atoms with Crippen molar-refractivity contribution >= 4 is 5.71 Å². The van der Waals surface area contributed by atoms with Crippen molar-refractivity contribution in [3.63, 3.8) is 0 Å². The molecule has 9 heavy (non-hydrogen) atoms. The summed E-state index contributed by atoms with van der Waals surface area (Å²) in [5.74, 6) is 4.96. The average Bonchev–Trinajstić information content (AvgIpc) is 1.90. The molecule has 3 nitrogen and oxygen atoms in total. The highest BCUT2D eigenvalue weighted by molar-refractivity contribution is 6.02. The maximum Gasteiger partial charge on any atom is 0.0802 e. The molecule has 0 aliphatic carbocycles. The van der Waals surface area contributed by atoms with Crippen LogP contribution in [0.15, 0.2) is 29.9 Å². The van der Waals surface area contributed by atoms with Gasteiger partial charge >= 0.3 is 0 Å². The van der Waals surface area contributed by atoms with Crippen LogP contribution in [-0.4, -0.2) is 12.3 Å². The van der Waals surface area contributed by atoms with Crippen molar-refractivity contribution in [2.45, 2.75) is 0 Å². The lowest BCUT2D eigenvalue weighted by Crippen LogP contribution is -2.16. The van der Waals surface area contributed by atoms with Crippen molar-refractivity contribution in [1.29, 1.82) is 0 Å². The van der Waals surface area contributed by atoms with Crippen LogP contribution in [0.5, 0.6) is 0 Å². The van der Waals surface area contributed by atoms with Gasteiger partial charge in [-0.15, -0.1) is 0 Å². The highest BCUT2D eigenvalue weighted by atomic mass is 15.1. The Hall–Kier alpha value is -1.09. The number of hydrazone groups is 1. The zero-order valence-corrected chi connectivity index (χ0v) is 5.30. The number of hydrogen-bond donors (Lipinski definition) is 2. The van der Waals surface area contributed by atoms with E-state index in [0.717, 1.165) is 0 Å². The number of allylic oxidation sites excluding steroid dienone is 1. The predicted molar refractivity (Wildman–Crippen MR) is 40.0 cm³/mol. The van der Waals surface area contributed by atoms with Gasteiger partial charge in [-0.3, -0.25) is 0 Å². The van der Waals surface area contributed by atoms with Gasteiger partial charge in [0.1, 0.15) is 0 Å². The SMILES string of the molecule is C=CC(=C)/C(CN)=N\N. The number of rotatable bonds is 3. The molecule has 0 aliphatic rings. The summed E-state index contributed by atoms with van der Waals surface area (Å²) >= 11 is 0. The Labute approximate surface area is 54.7 Å². The minimum atomic E-state index is 0.307. The Kier molecular flexibility index (Phi) is 3.39. The van der Waals surface area contributed by atoms with Gasteiger partial charge in [0.25, 0.3) is 0 Å². The maximum absolute atomic E-state index is 5.24. The molecule has 0 aromatic carbocycles. The summed E-state index contributed by atoms with van der Waals surface area (Å²) < 4.78 is 0. The zero-order chi connectivity index (χ0) is 7.28. The molecule has 0 radical (unpaired) electrons. The Bertz CT molecular complexity index is 146. The Balaban J connectivity index is 4.13. The molecule has 4 N–H and O–H groups in total. The lowest BCUT2D eigenvalue weighted by molar-refractivity contribution is 1.19. The molecule has 0 aromatic heterocycles. The second kappa shape index (κ2) is 3.86. The molecular weight excluding hydrogens is 114 g/mol. The van der Waals surface area contributed by atoms with Crippen LogP contribution in [0.1, 0.15) is 0 Å². The van der Waals surface area contributed by atoms with Gasteiger partial charge < -0.3 is 11.6 Å². The van der Waals surface area contributed by atoms with Crippen molar-refractivity contribution in [3.8, 4) is 0 Å². The number of nitrogens with zero attached hydrogens (tertiary/aromatic N) is 1. The van der Waals surface area contributed by atoms with Gasteiger partial charge in [0.2, 0.25) is 0 Å². The van der Waals surface area contributed by atoms with Gasteiger partial charge in [-0.05, 0) is 5.57 Å². The first-order chi connectivity index (χ1) is 4.26. The molecule has 0 saturated carbocycles. The van der Waals surface area contributed by atoms with Crippen LogP contribution in [0.3, 0.4) is 0 Å². The van der Waals surface area contributed by atoms with Crippen LogP contribution in [0.4, 0.5) is 0 Å². The molecule has 3 heteroatoms. The molecule has 0 aliphatic heterocycles. The minimum Gasteiger partial charge on any atom is -0.325 e. The molecule has 0 heterocycles. The molecule has 0 rings (SSSR count). The Morgan fingerprint density at radius 1 is 1.67 bits per heavy atom. The molecule has 0 unspecified atom stereocenters. The highest BCUT2D eigenvalue weighted by Crippen LogP contribution is 1.91. The fourth-order valence-electron chi connectivity index (χ4n) is 0.385. The van der Waals surface area contributed by atoms with E-state index in [1.807, 2.05) is 0 Å². The van der Waals surface area contributed by atoms with Gasteiger partial charge in [-0.1, -0.05) is 19.2 Å². The first kappa shape index (κ1) is 7.91. The van der Waals surface area contributed by atoms with Crippen molar-refractivity contribution in [1.82, 2.24) is 0 Å². The van der Waals surface area contributed by atoms with E-state index in [0.29, 0.717) is 17.8 Å². The van der Waals surface area contributed by atoms with E-state index in [2.05, 4.69) is 18.3 Å². The third-order valence-corrected chi connectivity index (χ3v) is 0.966. The smallest absolute Gasteiger partial charge is 0.0802 e. The second-order valence-electron chi connectivity index (χ2n) is 1.51. The third-order valence-electron chi connectivity index (χ3n) is 0.966. The summed E-state index contributed by atoms with van der Waals surface area (Å²) in [6, 6.07) is 0. The molecule has 0 spiro atoms. The summed E-state index contributed by atoms with van der Waals surface area (Å²) in [5.41, 5.74) is 6.51. The number of hydrogen-bond acceptors (Lipinski definition) is 3. The van der Waals surface area contributed by atoms with Crippen LogP contribution in [0.25, 0.3) is 0 Å². The maximum atomic E-state index is 5.24. The van der Waals surface area contributed by atoms with Crippen LogP contribution < -0.4 is 11.6 Å². The van der Waals surface area contributed by atoms with E-state index in [-0.39, 0.29) is 0 Å². The van der Waals surface area contributed by atoms with Crippen molar-refractivity contribution in [2.75, 3.05) is 6.54 Å². The second-order valence-corrected chi connectivity index (χ2v) is 1.51. The summed E-state index contributed by atoms with van der Waals surface area (Å²) in [4.78, 5) is 0. The topological polar surface area (TPSA) is 64.4 Å². The van der Waals surface area contributed by atoms with Gasteiger partial charge in [0.15, 0.2) is 0 Å². The first-order valence-electron chi connectivity index (χ1n) is 2.54. The number of nitrogens with two attached hydrogens (primary N) is 2. The van der Waals surface area contributed by atoms with E-state index in [9.17, 15) is 0 Å². The summed E-state index contributed by atoms with van der Waals surface area (Å²) in [6.07, 6.45) is 1.57. The van der Waals surface area contributed by atoms with Gasteiger partial charge in [0, 0.05) is 6.54 Å².